The van der Waals surface area contributed by atoms with Crippen LogP contribution in [0, 0.1) is 0 Å². The number of hydrogen-bond acceptors (Lipinski definition) is 12. The van der Waals surface area contributed by atoms with Crippen LogP contribution >= 0.6 is 0 Å². The highest BCUT2D eigenvalue weighted by Crippen LogP contribution is 2.15. The maximum absolute atomic E-state index is 13.3. The molecule has 5 aromatic heterocycles. The Hall–Kier alpha value is -6.59. The van der Waals surface area contributed by atoms with Gasteiger partial charge in [-0.2, -0.15) is 0 Å². The van der Waals surface area contributed by atoms with Gasteiger partial charge in [0.2, 0.25) is 17.3 Å². The number of imidazole rings is 4. The summed E-state index contributed by atoms with van der Waals surface area (Å²) in [4.78, 5) is 105. The van der Waals surface area contributed by atoms with Crippen LogP contribution in [0.1, 0.15) is 102 Å². The summed E-state index contributed by atoms with van der Waals surface area (Å²) in [5, 5.41) is 5.86. The third-order valence-corrected chi connectivity index (χ3v) is 8.90. The summed E-state index contributed by atoms with van der Waals surface area (Å²) in [6.07, 6.45) is 8.23. The van der Waals surface area contributed by atoms with Crippen LogP contribution in [0.4, 0.5) is 5.69 Å². The topological polar surface area (TPSA) is 220 Å². The number of carbonyl (C=O) groups excluding carboxylic acids is 7. The third-order valence-electron chi connectivity index (χ3n) is 8.90. The van der Waals surface area contributed by atoms with E-state index in [1.54, 1.807) is 81.4 Å². The number of nitrogens with one attached hydrogen (secondary N) is 2. The molecule has 56 heavy (non-hydrogen) atoms. The van der Waals surface area contributed by atoms with Crippen molar-refractivity contribution in [1.29, 1.82) is 0 Å². The van der Waals surface area contributed by atoms with E-state index in [1.807, 2.05) is 0 Å². The van der Waals surface area contributed by atoms with Crippen LogP contribution < -0.4 is 10.6 Å². The molecule has 18 nitrogen and oxygen atoms in total. The molecule has 5 rings (SSSR count). The molecule has 0 aliphatic carbocycles. The standard InChI is InChI=1S/C38H45N11O7/c1-22(50)8-10-39-24-13-30(45(3)17-24)38(56)40-11-9-29(52)12-25-18-47(5)35(42-25)32(54)15-27-20-49(7)37(44-27)33(55)16-28-21-48(6)36(43-28)31(53)14-26-19-46(4)34(41-26)23(2)51/h13,17-21,39H,8-12,14-16H2,1-7H3,(H,40,56). The number of carbonyl (C=O) groups is 7. The second kappa shape index (κ2) is 17.3. The van der Waals surface area contributed by atoms with Crippen molar-refractivity contribution >= 4 is 46.3 Å². The molecule has 1 amide bonds. The fraction of sp³-hybridized carbons (Fsp3) is 0.395. The minimum atomic E-state index is -0.361. The Morgan fingerprint density at radius 2 is 0.964 bits per heavy atom. The first-order chi connectivity index (χ1) is 26.5. The monoisotopic (exact) mass is 767 g/mol. The maximum atomic E-state index is 13.3. The second-order valence-electron chi connectivity index (χ2n) is 13.8. The van der Waals surface area contributed by atoms with Crippen LogP contribution in [0.2, 0.25) is 0 Å². The number of hydrogen-bond donors (Lipinski definition) is 2. The normalized spacial score (nSPS) is 11.1. The van der Waals surface area contributed by atoms with E-state index in [0.717, 1.165) is 0 Å². The Bertz CT molecular complexity index is 2350. The van der Waals surface area contributed by atoms with Crippen molar-refractivity contribution in [2.45, 2.75) is 52.4 Å². The Kier molecular flexibility index (Phi) is 12.5. The molecule has 0 unspecified atom stereocenters. The predicted octanol–water partition coefficient (Wildman–Crippen LogP) is 1.76. The molecule has 0 saturated carbocycles. The average Bonchev–Trinajstić information content (AvgIpc) is 3.93. The molecule has 0 radical (unpaired) electrons. The Labute approximate surface area is 322 Å². The van der Waals surface area contributed by atoms with Gasteiger partial charge in [0, 0.05) is 99.1 Å². The number of Topliss-reactive ketones (excluding diaryl/α,β-unsaturated/α-hetero) is 6. The van der Waals surface area contributed by atoms with Crippen molar-refractivity contribution in [1.82, 2.24) is 48.1 Å². The van der Waals surface area contributed by atoms with E-state index in [1.165, 1.54) is 27.5 Å². The lowest BCUT2D eigenvalue weighted by atomic mass is 10.2. The Balaban J connectivity index is 1.11. The highest BCUT2D eigenvalue weighted by molar-refractivity contribution is 5.98. The first-order valence-corrected chi connectivity index (χ1v) is 17.9. The minimum Gasteiger partial charge on any atom is -0.383 e. The molecule has 0 fully saturated rings. The number of ketones is 6. The molecule has 0 aliphatic rings. The summed E-state index contributed by atoms with van der Waals surface area (Å²) in [6.45, 7) is 3.49. The van der Waals surface area contributed by atoms with Gasteiger partial charge in [-0.25, -0.2) is 19.9 Å². The number of amides is 1. The minimum absolute atomic E-state index is 0.0294. The summed E-state index contributed by atoms with van der Waals surface area (Å²) in [5.41, 5.74) is 2.67. The molecule has 0 atom stereocenters. The van der Waals surface area contributed by atoms with Crippen molar-refractivity contribution < 1.29 is 33.6 Å². The molecular weight excluding hydrogens is 722 g/mol. The van der Waals surface area contributed by atoms with E-state index in [-0.39, 0.29) is 103 Å². The van der Waals surface area contributed by atoms with E-state index in [9.17, 15) is 33.6 Å². The fourth-order valence-electron chi connectivity index (χ4n) is 6.26. The van der Waals surface area contributed by atoms with Gasteiger partial charge in [0.25, 0.3) is 5.91 Å². The van der Waals surface area contributed by atoms with Crippen molar-refractivity contribution in [3.63, 3.8) is 0 Å². The Morgan fingerprint density at radius 3 is 1.39 bits per heavy atom. The van der Waals surface area contributed by atoms with Crippen LogP contribution in [-0.2, 0) is 70.5 Å². The smallest absolute Gasteiger partial charge is 0.267 e. The zero-order valence-electron chi connectivity index (χ0n) is 32.5. The van der Waals surface area contributed by atoms with Crippen molar-refractivity contribution in [3.05, 3.63) is 88.8 Å². The van der Waals surface area contributed by atoms with E-state index in [2.05, 4.69) is 30.6 Å². The predicted molar refractivity (Wildman–Crippen MR) is 202 cm³/mol. The quantitative estimate of drug-likeness (QED) is 0.108. The number of anilines is 1. The summed E-state index contributed by atoms with van der Waals surface area (Å²) in [5.74, 6) is -1.06. The molecule has 294 valence electrons. The van der Waals surface area contributed by atoms with Crippen molar-refractivity contribution in [2.75, 3.05) is 18.4 Å². The molecule has 0 saturated heterocycles. The van der Waals surface area contributed by atoms with Crippen molar-refractivity contribution in [2.24, 2.45) is 35.2 Å². The summed E-state index contributed by atoms with van der Waals surface area (Å²) < 4.78 is 7.82. The summed E-state index contributed by atoms with van der Waals surface area (Å²) in [6, 6.07) is 1.68. The number of aryl methyl sites for hydroxylation is 5. The van der Waals surface area contributed by atoms with Crippen LogP contribution in [0.3, 0.4) is 0 Å². The van der Waals surface area contributed by atoms with E-state index in [0.29, 0.717) is 47.1 Å². The van der Waals surface area contributed by atoms with E-state index in [4.69, 9.17) is 0 Å². The molecule has 0 spiro atoms. The maximum Gasteiger partial charge on any atom is 0.267 e. The van der Waals surface area contributed by atoms with Gasteiger partial charge in [0.1, 0.15) is 17.3 Å². The van der Waals surface area contributed by atoms with Gasteiger partial charge in [-0.05, 0) is 13.0 Å². The molecule has 0 bridgehead atoms. The summed E-state index contributed by atoms with van der Waals surface area (Å²) in [7, 11) is 8.35. The molecular formula is C38H45N11O7. The lowest BCUT2D eigenvalue weighted by Gasteiger charge is -2.05. The lowest BCUT2D eigenvalue weighted by molar-refractivity contribution is -0.118. The van der Waals surface area contributed by atoms with Gasteiger partial charge >= 0.3 is 0 Å². The van der Waals surface area contributed by atoms with E-state index < -0.39 is 0 Å². The zero-order valence-corrected chi connectivity index (χ0v) is 32.5. The zero-order chi connectivity index (χ0) is 40.8. The lowest BCUT2D eigenvalue weighted by Crippen LogP contribution is -2.27. The molecule has 18 heteroatoms. The van der Waals surface area contributed by atoms with Gasteiger partial charge in [0.05, 0.1) is 54.1 Å². The Morgan fingerprint density at radius 1 is 0.536 bits per heavy atom. The number of rotatable bonds is 20. The average molecular weight is 768 g/mol. The van der Waals surface area contributed by atoms with Gasteiger partial charge in [-0.15, -0.1) is 0 Å². The highest BCUT2D eigenvalue weighted by atomic mass is 16.2. The number of aromatic nitrogens is 9. The van der Waals surface area contributed by atoms with Gasteiger partial charge < -0.3 is 33.5 Å². The summed E-state index contributed by atoms with van der Waals surface area (Å²) >= 11 is 0. The van der Waals surface area contributed by atoms with Crippen molar-refractivity contribution in [3.8, 4) is 0 Å². The molecule has 0 aliphatic heterocycles. The molecule has 0 aromatic carbocycles. The van der Waals surface area contributed by atoms with Crippen LogP contribution in [0.25, 0.3) is 0 Å². The van der Waals surface area contributed by atoms with Crippen LogP contribution in [0.5, 0.6) is 0 Å². The van der Waals surface area contributed by atoms with Crippen LogP contribution in [0.15, 0.2) is 37.1 Å². The first-order valence-electron chi connectivity index (χ1n) is 17.9. The fourth-order valence-corrected chi connectivity index (χ4v) is 6.26. The van der Waals surface area contributed by atoms with Gasteiger partial charge in [-0.1, -0.05) is 0 Å². The first kappa shape index (κ1) is 40.6. The second-order valence-corrected chi connectivity index (χ2v) is 13.8. The molecule has 2 N–H and O–H groups in total. The van der Waals surface area contributed by atoms with Crippen LogP contribution in [-0.4, -0.2) is 96.5 Å². The molecule has 5 aromatic rings. The SMILES string of the molecule is CC(=O)CCNc1cc(C(=O)NCCC(=O)Cc2cn(C)c(C(=O)Cc3cn(C)c(C(=O)Cc4cn(C)c(C(=O)Cc5cn(C)c(C(C)=O)n5)n4)n3)n2)n(C)c1. The van der Waals surface area contributed by atoms with E-state index >= 15 is 0 Å². The third kappa shape index (κ3) is 9.93. The van der Waals surface area contributed by atoms with Gasteiger partial charge in [-0.3, -0.25) is 33.6 Å². The number of nitrogens with zero attached hydrogens (tertiary/aromatic N) is 9. The van der Waals surface area contributed by atoms with Gasteiger partial charge in [0.15, 0.2) is 29.1 Å². The highest BCUT2D eigenvalue weighted by Gasteiger charge is 2.23. The molecule has 5 heterocycles. The largest absolute Gasteiger partial charge is 0.383 e.